The molecule has 4 N–H and O–H groups in total. The zero-order valence-electron chi connectivity index (χ0n) is 12.3. The zero-order chi connectivity index (χ0) is 14.7. The summed E-state index contributed by atoms with van der Waals surface area (Å²) >= 11 is 0. The number of nitrogens with two attached hydrogens (primary N) is 1. The van der Waals surface area contributed by atoms with Crippen LogP contribution >= 0.6 is 0 Å². The smallest absolute Gasteiger partial charge is 0.145 e. The first kappa shape index (κ1) is 14.3. The minimum atomic E-state index is 0.240. The van der Waals surface area contributed by atoms with Crippen LogP contribution in [0.25, 0.3) is 0 Å². The molecule has 2 aromatic heterocycles. The van der Waals surface area contributed by atoms with E-state index in [0.29, 0.717) is 12.4 Å². The topological polar surface area (TPSA) is 93.7 Å². The SMILES string of the molecule is Cc1c(CNc2cc(NN)nc(C(C)C)n2)cnn1C. The molecule has 0 aliphatic carbocycles. The lowest BCUT2D eigenvalue weighted by atomic mass is 10.2. The molecule has 108 valence electrons. The van der Waals surface area contributed by atoms with Crippen LogP contribution in [-0.2, 0) is 13.6 Å². The van der Waals surface area contributed by atoms with Gasteiger partial charge in [0.2, 0.25) is 0 Å². The van der Waals surface area contributed by atoms with Gasteiger partial charge in [-0.2, -0.15) is 5.10 Å². The lowest BCUT2D eigenvalue weighted by Crippen LogP contribution is -2.13. The number of nitrogen functional groups attached to an aromatic ring is 1. The summed E-state index contributed by atoms with van der Waals surface area (Å²) in [7, 11) is 1.93. The fourth-order valence-corrected chi connectivity index (χ4v) is 1.79. The second kappa shape index (κ2) is 5.87. The van der Waals surface area contributed by atoms with Gasteiger partial charge >= 0.3 is 0 Å². The first-order chi connectivity index (χ1) is 9.51. The first-order valence-electron chi connectivity index (χ1n) is 6.58. The predicted octanol–water partition coefficient (Wildman–Crippen LogP) is 1.54. The number of rotatable bonds is 5. The molecule has 0 spiro atoms. The number of anilines is 2. The molecule has 0 unspecified atom stereocenters. The number of nitrogens with zero attached hydrogens (tertiary/aromatic N) is 4. The quantitative estimate of drug-likeness (QED) is 0.566. The Bertz CT molecular complexity index is 588. The summed E-state index contributed by atoms with van der Waals surface area (Å²) in [6.07, 6.45) is 1.86. The van der Waals surface area contributed by atoms with Crippen LogP contribution in [-0.4, -0.2) is 19.7 Å². The molecule has 0 aliphatic heterocycles. The van der Waals surface area contributed by atoms with E-state index < -0.39 is 0 Å². The second-order valence-electron chi connectivity index (χ2n) is 5.03. The van der Waals surface area contributed by atoms with E-state index in [0.717, 1.165) is 22.9 Å². The minimum absolute atomic E-state index is 0.240. The number of aromatic nitrogens is 4. The van der Waals surface area contributed by atoms with Crippen LogP contribution in [0.2, 0.25) is 0 Å². The fraction of sp³-hybridized carbons (Fsp3) is 0.462. The Kier molecular flexibility index (Phi) is 4.19. The lowest BCUT2D eigenvalue weighted by Gasteiger charge is -2.11. The van der Waals surface area contributed by atoms with Crippen molar-refractivity contribution < 1.29 is 0 Å². The van der Waals surface area contributed by atoms with Crippen molar-refractivity contribution in [2.45, 2.75) is 33.2 Å². The van der Waals surface area contributed by atoms with Gasteiger partial charge in [-0.25, -0.2) is 15.8 Å². The first-order valence-corrected chi connectivity index (χ1v) is 6.58. The van der Waals surface area contributed by atoms with E-state index in [1.165, 1.54) is 0 Å². The van der Waals surface area contributed by atoms with E-state index in [2.05, 4.69) is 25.8 Å². The number of hydrazine groups is 1. The van der Waals surface area contributed by atoms with Crippen molar-refractivity contribution in [3.05, 3.63) is 29.3 Å². The molecule has 2 rings (SSSR count). The van der Waals surface area contributed by atoms with E-state index in [4.69, 9.17) is 5.84 Å². The van der Waals surface area contributed by atoms with E-state index >= 15 is 0 Å². The zero-order valence-corrected chi connectivity index (χ0v) is 12.3. The standard InChI is InChI=1S/C13H21N7/c1-8(2)13-17-11(5-12(18-13)19-14)15-6-10-7-16-20(4)9(10)3/h5,7-8H,6,14H2,1-4H3,(H2,15,17,18,19). The fourth-order valence-electron chi connectivity index (χ4n) is 1.79. The third-order valence-corrected chi connectivity index (χ3v) is 3.20. The maximum Gasteiger partial charge on any atom is 0.145 e. The highest BCUT2D eigenvalue weighted by Crippen LogP contribution is 2.17. The summed E-state index contributed by atoms with van der Waals surface area (Å²) in [5, 5.41) is 7.50. The molecule has 0 aliphatic rings. The van der Waals surface area contributed by atoms with Crippen LogP contribution in [0.4, 0.5) is 11.6 Å². The molecule has 0 atom stereocenters. The maximum absolute atomic E-state index is 5.44. The average molecular weight is 275 g/mol. The highest BCUT2D eigenvalue weighted by Gasteiger charge is 2.09. The van der Waals surface area contributed by atoms with Gasteiger partial charge in [-0.05, 0) is 6.92 Å². The van der Waals surface area contributed by atoms with Gasteiger partial charge in [0.25, 0.3) is 0 Å². The van der Waals surface area contributed by atoms with Crippen molar-refractivity contribution in [2.75, 3.05) is 10.7 Å². The normalized spacial score (nSPS) is 10.9. The molecule has 7 nitrogen and oxygen atoms in total. The lowest BCUT2D eigenvalue weighted by molar-refractivity contribution is 0.738. The number of hydrogen-bond donors (Lipinski definition) is 3. The molecule has 7 heteroatoms. The second-order valence-corrected chi connectivity index (χ2v) is 5.03. The molecule has 0 aromatic carbocycles. The molecule has 20 heavy (non-hydrogen) atoms. The highest BCUT2D eigenvalue weighted by molar-refractivity contribution is 5.47. The number of nitrogens with one attached hydrogen (secondary N) is 2. The average Bonchev–Trinajstić information content (AvgIpc) is 2.76. The molecule has 0 saturated carbocycles. The summed E-state index contributed by atoms with van der Waals surface area (Å²) in [5.41, 5.74) is 4.84. The maximum atomic E-state index is 5.44. The van der Waals surface area contributed by atoms with Crippen molar-refractivity contribution in [1.82, 2.24) is 19.7 Å². The Morgan fingerprint density at radius 3 is 2.55 bits per heavy atom. The molecule has 0 radical (unpaired) electrons. The third kappa shape index (κ3) is 3.05. The van der Waals surface area contributed by atoms with Crippen LogP contribution in [0.3, 0.4) is 0 Å². The van der Waals surface area contributed by atoms with Crippen molar-refractivity contribution in [3.8, 4) is 0 Å². The van der Waals surface area contributed by atoms with Gasteiger partial charge in [-0.15, -0.1) is 0 Å². The summed E-state index contributed by atoms with van der Waals surface area (Å²) < 4.78 is 1.85. The van der Waals surface area contributed by atoms with Crippen LogP contribution in [0, 0.1) is 6.92 Å². The molecule has 2 heterocycles. The molecule has 2 aromatic rings. The Morgan fingerprint density at radius 1 is 1.30 bits per heavy atom. The highest BCUT2D eigenvalue weighted by atomic mass is 15.3. The van der Waals surface area contributed by atoms with Crippen LogP contribution < -0.4 is 16.6 Å². The summed E-state index contributed by atoms with van der Waals surface area (Å²) in [6.45, 7) is 6.80. The molecular weight excluding hydrogens is 254 g/mol. The minimum Gasteiger partial charge on any atom is -0.366 e. The Hall–Kier alpha value is -2.15. The summed E-state index contributed by atoms with van der Waals surface area (Å²) in [6, 6.07) is 1.79. The van der Waals surface area contributed by atoms with E-state index in [1.807, 2.05) is 38.7 Å². The van der Waals surface area contributed by atoms with Gasteiger partial charge in [0.15, 0.2) is 0 Å². The van der Waals surface area contributed by atoms with Gasteiger partial charge in [0.1, 0.15) is 17.5 Å². The molecule has 0 fully saturated rings. The van der Waals surface area contributed by atoms with Crippen molar-refractivity contribution in [3.63, 3.8) is 0 Å². The number of aryl methyl sites for hydroxylation is 1. The van der Waals surface area contributed by atoms with E-state index in [-0.39, 0.29) is 5.92 Å². The Labute approximate surface area is 118 Å². The predicted molar refractivity (Wildman–Crippen MR) is 79.2 cm³/mol. The molecule has 0 bridgehead atoms. The van der Waals surface area contributed by atoms with Crippen LogP contribution in [0.1, 0.15) is 36.8 Å². The van der Waals surface area contributed by atoms with Crippen molar-refractivity contribution >= 4 is 11.6 Å². The summed E-state index contributed by atoms with van der Waals surface area (Å²) in [4.78, 5) is 8.81. The molecule has 0 saturated heterocycles. The Balaban J connectivity index is 2.16. The monoisotopic (exact) mass is 275 g/mol. The van der Waals surface area contributed by atoms with Crippen LogP contribution in [0.5, 0.6) is 0 Å². The van der Waals surface area contributed by atoms with Crippen molar-refractivity contribution in [2.24, 2.45) is 12.9 Å². The largest absolute Gasteiger partial charge is 0.366 e. The molecular formula is C13H21N7. The van der Waals surface area contributed by atoms with Crippen molar-refractivity contribution in [1.29, 1.82) is 0 Å². The van der Waals surface area contributed by atoms with Gasteiger partial charge in [0.05, 0.1) is 6.20 Å². The Morgan fingerprint density at radius 2 is 2.00 bits per heavy atom. The number of hydrogen-bond acceptors (Lipinski definition) is 6. The van der Waals surface area contributed by atoms with Gasteiger partial charge < -0.3 is 10.7 Å². The van der Waals surface area contributed by atoms with Gasteiger partial charge in [-0.1, -0.05) is 13.8 Å². The third-order valence-electron chi connectivity index (χ3n) is 3.20. The van der Waals surface area contributed by atoms with Gasteiger partial charge in [-0.3, -0.25) is 4.68 Å². The van der Waals surface area contributed by atoms with Crippen LogP contribution in [0.15, 0.2) is 12.3 Å². The summed E-state index contributed by atoms with van der Waals surface area (Å²) in [5.74, 6) is 7.79. The molecule has 0 amide bonds. The van der Waals surface area contributed by atoms with E-state index in [9.17, 15) is 0 Å². The van der Waals surface area contributed by atoms with E-state index in [1.54, 1.807) is 6.07 Å². The van der Waals surface area contributed by atoms with Gasteiger partial charge in [0, 0.05) is 36.8 Å².